The molecule has 0 aliphatic heterocycles. The minimum absolute atomic E-state index is 0.545. The molecule has 0 bridgehead atoms. The Morgan fingerprint density at radius 3 is 1.50 bits per heavy atom. The molecule has 120 valence electrons. The molecule has 0 aliphatic carbocycles. The van der Waals surface area contributed by atoms with Crippen molar-refractivity contribution in [1.29, 1.82) is 0 Å². The van der Waals surface area contributed by atoms with E-state index in [0.717, 1.165) is 19.3 Å². The molecule has 0 saturated carbocycles. The molecular weight excluding hydrogens is 271 g/mol. The minimum Gasteiger partial charge on any atom is -0.119 e. The fourth-order valence-electron chi connectivity index (χ4n) is 2.05. The highest BCUT2D eigenvalue weighted by Gasteiger charge is 2.18. The number of rotatable bonds is 16. The first-order valence-electron chi connectivity index (χ1n) is 8.54. The van der Waals surface area contributed by atoms with E-state index in [4.69, 9.17) is 9.05 Å². The van der Waals surface area contributed by atoms with Crippen LogP contribution in [0.3, 0.4) is 0 Å². The lowest BCUT2D eigenvalue weighted by Gasteiger charge is -2.00. The lowest BCUT2D eigenvalue weighted by Crippen LogP contribution is -1.91. The second-order valence-corrected chi connectivity index (χ2v) is 6.39. The Hall–Kier alpha value is 0.0200. The van der Waals surface area contributed by atoms with Crippen LogP contribution in [0.15, 0.2) is 0 Å². The van der Waals surface area contributed by atoms with E-state index < -0.39 is 8.25 Å². The van der Waals surface area contributed by atoms with Crippen molar-refractivity contribution in [1.82, 2.24) is 0 Å². The van der Waals surface area contributed by atoms with E-state index in [1.54, 1.807) is 0 Å². The highest BCUT2D eigenvalue weighted by molar-refractivity contribution is 7.33. The molecule has 0 saturated heterocycles. The van der Waals surface area contributed by atoms with Crippen LogP contribution in [-0.2, 0) is 13.6 Å². The van der Waals surface area contributed by atoms with Gasteiger partial charge in [0.05, 0.1) is 0 Å². The van der Waals surface area contributed by atoms with Crippen molar-refractivity contribution in [3.63, 3.8) is 0 Å². The Bertz CT molecular complexity index is 210. The maximum absolute atomic E-state index is 11.3. The summed E-state index contributed by atoms with van der Waals surface area (Å²) in [6.45, 7) is 5.45. The van der Waals surface area contributed by atoms with Gasteiger partial charge in [-0.3, -0.25) is 0 Å². The van der Waals surface area contributed by atoms with E-state index in [2.05, 4.69) is 13.8 Å². The van der Waals surface area contributed by atoms with Crippen molar-refractivity contribution in [2.75, 3.05) is 13.2 Å². The third kappa shape index (κ3) is 16.1. The topological polar surface area (TPSA) is 35.5 Å². The molecule has 0 fully saturated rings. The van der Waals surface area contributed by atoms with Crippen molar-refractivity contribution in [3.8, 4) is 0 Å². The zero-order chi connectivity index (χ0) is 14.9. The van der Waals surface area contributed by atoms with Crippen molar-refractivity contribution in [3.05, 3.63) is 0 Å². The largest absolute Gasteiger partial charge is 0.697 e. The first-order valence-corrected chi connectivity index (χ1v) is 9.63. The van der Waals surface area contributed by atoms with E-state index in [0.29, 0.717) is 13.2 Å². The number of hydrogen-bond donors (Lipinski definition) is 0. The average molecular weight is 305 g/mol. The molecule has 0 amide bonds. The van der Waals surface area contributed by atoms with E-state index in [1.165, 1.54) is 57.8 Å². The standard InChI is InChI=1S/C16H34O3P/c1-3-5-7-8-9-10-11-12-13-14-16-19-20(17)18-15-6-4-2/h3-16H2,1-2H3/q+1. The van der Waals surface area contributed by atoms with Crippen LogP contribution in [0.2, 0.25) is 0 Å². The molecule has 4 heteroatoms. The van der Waals surface area contributed by atoms with Crippen LogP contribution in [0.25, 0.3) is 0 Å². The highest BCUT2D eigenvalue weighted by Crippen LogP contribution is 2.24. The van der Waals surface area contributed by atoms with Crippen LogP contribution in [-0.4, -0.2) is 13.2 Å². The summed E-state index contributed by atoms with van der Waals surface area (Å²) in [5.74, 6) is 0. The van der Waals surface area contributed by atoms with Gasteiger partial charge in [-0.1, -0.05) is 78.1 Å². The van der Waals surface area contributed by atoms with Crippen LogP contribution in [0.1, 0.15) is 90.9 Å². The molecule has 0 aliphatic rings. The minimum atomic E-state index is -1.88. The summed E-state index contributed by atoms with van der Waals surface area (Å²) >= 11 is 0. The Morgan fingerprint density at radius 1 is 0.600 bits per heavy atom. The second kappa shape index (κ2) is 17.1. The zero-order valence-corrected chi connectivity index (χ0v) is 14.5. The van der Waals surface area contributed by atoms with E-state index >= 15 is 0 Å². The number of hydrogen-bond acceptors (Lipinski definition) is 3. The normalized spacial score (nSPS) is 11.8. The Kier molecular flexibility index (Phi) is 17.1. The van der Waals surface area contributed by atoms with Crippen LogP contribution < -0.4 is 0 Å². The maximum atomic E-state index is 11.3. The van der Waals surface area contributed by atoms with Gasteiger partial charge in [0, 0.05) is 4.57 Å². The number of unbranched alkanes of at least 4 members (excludes halogenated alkanes) is 10. The molecule has 0 heterocycles. The Morgan fingerprint density at radius 2 is 1.00 bits per heavy atom. The fraction of sp³-hybridized carbons (Fsp3) is 1.00. The van der Waals surface area contributed by atoms with Gasteiger partial charge in [0.1, 0.15) is 13.2 Å². The summed E-state index contributed by atoms with van der Waals surface area (Å²) in [7, 11) is -1.88. The summed E-state index contributed by atoms with van der Waals surface area (Å²) in [5.41, 5.74) is 0. The van der Waals surface area contributed by atoms with Gasteiger partial charge >= 0.3 is 8.25 Å². The van der Waals surface area contributed by atoms with Gasteiger partial charge in [-0.2, -0.15) is 0 Å². The quantitative estimate of drug-likeness (QED) is 0.244. The van der Waals surface area contributed by atoms with Crippen molar-refractivity contribution in [2.24, 2.45) is 0 Å². The average Bonchev–Trinajstić information content (AvgIpc) is 2.45. The van der Waals surface area contributed by atoms with Crippen molar-refractivity contribution < 1.29 is 13.6 Å². The molecule has 1 unspecified atom stereocenters. The molecule has 3 nitrogen and oxygen atoms in total. The van der Waals surface area contributed by atoms with Gasteiger partial charge in [-0.15, -0.1) is 9.05 Å². The molecule has 1 atom stereocenters. The van der Waals surface area contributed by atoms with Crippen molar-refractivity contribution in [2.45, 2.75) is 90.9 Å². The molecule has 0 aromatic carbocycles. The van der Waals surface area contributed by atoms with E-state index in [9.17, 15) is 4.57 Å². The van der Waals surface area contributed by atoms with Gasteiger partial charge in [0.2, 0.25) is 0 Å². The van der Waals surface area contributed by atoms with E-state index in [-0.39, 0.29) is 0 Å². The summed E-state index contributed by atoms with van der Waals surface area (Å²) < 4.78 is 21.5. The summed E-state index contributed by atoms with van der Waals surface area (Å²) in [5, 5.41) is 0. The Labute approximate surface area is 126 Å². The van der Waals surface area contributed by atoms with Gasteiger partial charge in [-0.05, 0) is 12.8 Å². The van der Waals surface area contributed by atoms with Gasteiger partial charge in [0.15, 0.2) is 0 Å². The molecule has 20 heavy (non-hydrogen) atoms. The zero-order valence-electron chi connectivity index (χ0n) is 13.6. The highest BCUT2D eigenvalue weighted by atomic mass is 31.1. The predicted molar refractivity (Wildman–Crippen MR) is 86.3 cm³/mol. The maximum Gasteiger partial charge on any atom is 0.697 e. The van der Waals surface area contributed by atoms with E-state index in [1.807, 2.05) is 0 Å². The molecular formula is C16H34O3P+. The lowest BCUT2D eigenvalue weighted by molar-refractivity contribution is 0.219. The SMILES string of the molecule is CCCCCCCCCCCCO[P+](=O)OCCCC. The fourth-order valence-corrected chi connectivity index (χ4v) is 2.68. The molecule has 0 spiro atoms. The van der Waals surface area contributed by atoms with Crippen molar-refractivity contribution >= 4 is 8.25 Å². The molecule has 0 rings (SSSR count). The Balaban J connectivity index is 3.07. The first-order chi connectivity index (χ1) is 9.81. The molecule has 0 aromatic rings. The van der Waals surface area contributed by atoms with Crippen LogP contribution in [0, 0.1) is 0 Å². The second-order valence-electron chi connectivity index (χ2n) is 5.43. The molecule has 0 N–H and O–H groups in total. The van der Waals surface area contributed by atoms with Crippen LogP contribution in [0.4, 0.5) is 0 Å². The third-order valence-corrected chi connectivity index (χ3v) is 4.18. The van der Waals surface area contributed by atoms with Gasteiger partial charge in [0.25, 0.3) is 0 Å². The summed E-state index contributed by atoms with van der Waals surface area (Å²) in [6.07, 6.45) is 15.0. The van der Waals surface area contributed by atoms with Crippen LogP contribution in [0.5, 0.6) is 0 Å². The van der Waals surface area contributed by atoms with Gasteiger partial charge in [-0.25, -0.2) is 0 Å². The predicted octanol–water partition coefficient (Wildman–Crippen LogP) is 6.40. The summed E-state index contributed by atoms with van der Waals surface area (Å²) in [4.78, 5) is 0. The van der Waals surface area contributed by atoms with Crippen LogP contribution >= 0.6 is 8.25 Å². The monoisotopic (exact) mass is 305 g/mol. The smallest absolute Gasteiger partial charge is 0.119 e. The first kappa shape index (κ1) is 20.0. The lowest BCUT2D eigenvalue weighted by atomic mass is 10.1. The molecule has 0 radical (unpaired) electrons. The third-order valence-electron chi connectivity index (χ3n) is 3.39. The summed E-state index contributed by atoms with van der Waals surface area (Å²) in [6, 6.07) is 0. The van der Waals surface area contributed by atoms with Gasteiger partial charge < -0.3 is 0 Å². The molecule has 0 aromatic heterocycles.